The summed E-state index contributed by atoms with van der Waals surface area (Å²) in [6.07, 6.45) is 0. The maximum Gasteiger partial charge on any atom is 0.0805 e. The second kappa shape index (κ2) is 4.89. The van der Waals surface area contributed by atoms with Gasteiger partial charge in [0.2, 0.25) is 0 Å². The molecule has 2 rings (SSSR count). The molecule has 0 saturated carbocycles. The molecule has 80 valence electrons. The molecule has 1 aliphatic rings. The predicted octanol–water partition coefficient (Wildman–Crippen LogP) is 2.35. The van der Waals surface area contributed by atoms with Gasteiger partial charge in [0.15, 0.2) is 0 Å². The molecule has 0 atom stereocenters. The topological polar surface area (TPSA) is 12.5 Å². The quantitative estimate of drug-likeness (QED) is 0.647. The van der Waals surface area contributed by atoms with E-state index in [1.165, 1.54) is 0 Å². The lowest BCUT2D eigenvalue weighted by molar-refractivity contribution is 0.0638. The molecule has 15 heavy (non-hydrogen) atoms. The summed E-state index contributed by atoms with van der Waals surface area (Å²) in [6.45, 7) is 5.35. The van der Waals surface area contributed by atoms with Crippen LogP contribution in [0.4, 0.5) is 0 Å². The fraction of sp³-hybridized carbons (Fsp3) is 0.455. The van der Waals surface area contributed by atoms with Gasteiger partial charge in [-0.05, 0) is 18.9 Å². The van der Waals surface area contributed by atoms with Crippen LogP contribution >= 0.6 is 22.9 Å². The van der Waals surface area contributed by atoms with E-state index in [-0.39, 0.29) is 0 Å². The monoisotopic (exact) mass is 241 g/mol. The molecule has 2 nitrogen and oxygen atoms in total. The molecular weight excluding hydrogens is 230 g/mol. The molecule has 0 unspecified atom stereocenters. The van der Waals surface area contributed by atoms with Crippen molar-refractivity contribution in [1.29, 1.82) is 0 Å². The summed E-state index contributed by atoms with van der Waals surface area (Å²) in [6, 6.07) is 5.06. The van der Waals surface area contributed by atoms with E-state index < -0.39 is 0 Å². The molecule has 1 aromatic rings. The minimum absolute atomic E-state index is 0.777. The van der Waals surface area contributed by atoms with Crippen LogP contribution in [0.5, 0.6) is 0 Å². The van der Waals surface area contributed by atoms with Gasteiger partial charge >= 0.3 is 0 Å². The van der Waals surface area contributed by atoms with Gasteiger partial charge in [-0.1, -0.05) is 11.6 Å². The van der Waals surface area contributed by atoms with Crippen LogP contribution in [-0.4, -0.2) is 31.2 Å². The summed E-state index contributed by atoms with van der Waals surface area (Å²) in [5.41, 5.74) is 0. The number of rotatable bonds is 0. The van der Waals surface area contributed by atoms with Crippen molar-refractivity contribution >= 4 is 22.9 Å². The van der Waals surface area contributed by atoms with Crippen molar-refractivity contribution in [1.82, 2.24) is 4.90 Å². The first-order valence-corrected chi connectivity index (χ1v) is 6.05. The maximum absolute atomic E-state index is 5.96. The van der Waals surface area contributed by atoms with Crippen LogP contribution in [-0.2, 0) is 4.74 Å². The molecule has 0 N–H and O–H groups in total. The zero-order valence-electron chi connectivity index (χ0n) is 8.55. The minimum Gasteiger partial charge on any atom is -0.378 e. The summed E-state index contributed by atoms with van der Waals surface area (Å²) >= 11 is 7.60. The molecule has 0 aliphatic carbocycles. The van der Waals surface area contributed by atoms with Crippen molar-refractivity contribution in [3.8, 4) is 12.0 Å². The number of aryl methyl sites for hydroxylation is 1. The van der Waals surface area contributed by atoms with Crippen LogP contribution in [0.25, 0.3) is 0 Å². The zero-order chi connectivity index (χ0) is 10.7. The Kier molecular flexibility index (Phi) is 3.53. The summed E-state index contributed by atoms with van der Waals surface area (Å²) in [5, 5.41) is 0.811. The summed E-state index contributed by atoms with van der Waals surface area (Å²) < 4.78 is 5.25. The Labute approximate surface area is 98.8 Å². The van der Waals surface area contributed by atoms with Crippen molar-refractivity contribution in [3.63, 3.8) is 0 Å². The molecular formula is C11H12ClNOS. The highest BCUT2D eigenvalue weighted by atomic mass is 35.5. The average molecular weight is 242 g/mol. The molecule has 4 heteroatoms. The Morgan fingerprint density at radius 1 is 1.47 bits per heavy atom. The van der Waals surface area contributed by atoms with Crippen molar-refractivity contribution < 1.29 is 4.74 Å². The van der Waals surface area contributed by atoms with Crippen LogP contribution < -0.4 is 0 Å². The number of nitrogens with zero attached hydrogens (tertiary/aromatic N) is 1. The van der Waals surface area contributed by atoms with E-state index in [4.69, 9.17) is 16.3 Å². The average Bonchev–Trinajstić information content (AvgIpc) is 2.57. The van der Waals surface area contributed by atoms with Gasteiger partial charge in [-0.3, -0.25) is 0 Å². The van der Waals surface area contributed by atoms with Crippen molar-refractivity contribution in [2.75, 3.05) is 26.3 Å². The third-order valence-electron chi connectivity index (χ3n) is 2.21. The van der Waals surface area contributed by atoms with Crippen LogP contribution in [0.1, 0.15) is 9.75 Å². The smallest absolute Gasteiger partial charge is 0.0805 e. The first kappa shape index (κ1) is 10.8. The van der Waals surface area contributed by atoms with E-state index in [2.05, 4.69) is 16.9 Å². The summed E-state index contributed by atoms with van der Waals surface area (Å²) in [7, 11) is 0. The number of halogens is 1. The van der Waals surface area contributed by atoms with Crippen molar-refractivity contribution in [2.24, 2.45) is 0 Å². The van der Waals surface area contributed by atoms with Gasteiger partial charge in [-0.25, -0.2) is 0 Å². The third-order valence-corrected chi connectivity index (χ3v) is 3.68. The largest absolute Gasteiger partial charge is 0.378 e. The molecule has 0 aromatic carbocycles. The molecule has 0 bridgehead atoms. The highest BCUT2D eigenvalue weighted by molar-refractivity contribution is 7.13. The number of thiophene rings is 1. The van der Waals surface area contributed by atoms with Crippen molar-refractivity contribution in [3.05, 3.63) is 20.8 Å². The zero-order valence-corrected chi connectivity index (χ0v) is 10.1. The van der Waals surface area contributed by atoms with E-state index in [0.717, 1.165) is 41.1 Å². The molecule has 1 aliphatic heterocycles. The summed E-state index contributed by atoms with van der Waals surface area (Å²) in [5.74, 6) is 3.13. The lowest BCUT2D eigenvalue weighted by Crippen LogP contribution is -2.32. The highest BCUT2D eigenvalue weighted by Crippen LogP contribution is 2.24. The summed E-state index contributed by atoms with van der Waals surface area (Å²) in [4.78, 5) is 4.25. The Hall–Kier alpha value is -0.690. The Morgan fingerprint density at radius 2 is 2.20 bits per heavy atom. The second-order valence-electron chi connectivity index (χ2n) is 3.35. The fourth-order valence-corrected chi connectivity index (χ4v) is 2.38. The molecule has 1 aromatic heterocycles. The standard InChI is InChI=1S/C11H12ClNOS/c1-9-11(12)8-10(15-9)2-3-13-4-6-14-7-5-13/h8H,4-7H2,1H3. The number of ether oxygens (including phenoxy) is 1. The number of hydrogen-bond donors (Lipinski definition) is 0. The molecule has 0 amide bonds. The maximum atomic E-state index is 5.96. The van der Waals surface area contributed by atoms with Gasteiger partial charge in [0.1, 0.15) is 0 Å². The van der Waals surface area contributed by atoms with E-state index in [1.54, 1.807) is 11.3 Å². The first-order chi connectivity index (χ1) is 7.25. The minimum atomic E-state index is 0.777. The van der Waals surface area contributed by atoms with Crippen molar-refractivity contribution in [2.45, 2.75) is 6.92 Å². The normalized spacial score (nSPS) is 16.0. The SMILES string of the molecule is Cc1sc(C#CN2CCOCC2)cc1Cl. The third kappa shape index (κ3) is 2.88. The van der Waals surface area contributed by atoms with E-state index in [9.17, 15) is 0 Å². The van der Waals surface area contributed by atoms with Gasteiger partial charge in [-0.2, -0.15) is 0 Å². The van der Waals surface area contributed by atoms with E-state index in [1.807, 2.05) is 13.0 Å². The lowest BCUT2D eigenvalue weighted by Gasteiger charge is -2.22. The van der Waals surface area contributed by atoms with Crippen LogP contribution in [0.2, 0.25) is 5.02 Å². The van der Waals surface area contributed by atoms with Gasteiger partial charge in [0.05, 0.1) is 23.1 Å². The molecule has 2 heterocycles. The van der Waals surface area contributed by atoms with Gasteiger partial charge < -0.3 is 9.64 Å². The molecule has 1 fully saturated rings. The molecule has 0 radical (unpaired) electrons. The van der Waals surface area contributed by atoms with Gasteiger partial charge in [-0.15, -0.1) is 11.3 Å². The lowest BCUT2D eigenvalue weighted by atomic mass is 10.4. The first-order valence-electron chi connectivity index (χ1n) is 4.86. The van der Waals surface area contributed by atoms with Gasteiger partial charge in [0, 0.05) is 24.0 Å². The second-order valence-corrected chi connectivity index (χ2v) is 5.01. The Balaban J connectivity index is 2.03. The Bertz CT molecular complexity index is 379. The Morgan fingerprint density at radius 3 is 2.80 bits per heavy atom. The molecule has 0 spiro atoms. The van der Waals surface area contributed by atoms with Crippen LogP contribution in [0, 0.1) is 18.9 Å². The van der Waals surface area contributed by atoms with E-state index >= 15 is 0 Å². The van der Waals surface area contributed by atoms with Crippen LogP contribution in [0.3, 0.4) is 0 Å². The van der Waals surface area contributed by atoms with Gasteiger partial charge in [0.25, 0.3) is 0 Å². The fourth-order valence-electron chi connectivity index (χ4n) is 1.33. The molecule has 1 saturated heterocycles. The number of hydrogen-bond acceptors (Lipinski definition) is 3. The van der Waals surface area contributed by atoms with Crippen LogP contribution in [0.15, 0.2) is 6.07 Å². The predicted molar refractivity (Wildman–Crippen MR) is 63.3 cm³/mol. The van der Waals surface area contributed by atoms with E-state index in [0.29, 0.717) is 0 Å². The number of morpholine rings is 1. The highest BCUT2D eigenvalue weighted by Gasteiger charge is 2.05.